The van der Waals surface area contributed by atoms with Gasteiger partial charge in [0.1, 0.15) is 5.69 Å². The van der Waals surface area contributed by atoms with Crippen LogP contribution < -0.4 is 5.32 Å². The predicted molar refractivity (Wildman–Crippen MR) is 99.7 cm³/mol. The minimum absolute atomic E-state index is 0.0608. The van der Waals surface area contributed by atoms with Crippen LogP contribution in [-0.4, -0.2) is 10.8 Å². The first-order valence-corrected chi connectivity index (χ1v) is 7.82. The van der Waals surface area contributed by atoms with Crippen LogP contribution in [0.25, 0.3) is 16.8 Å². The topological polar surface area (TPSA) is 72.2 Å². The minimum atomic E-state index is -0.570. The van der Waals surface area contributed by atoms with Crippen molar-refractivity contribution in [2.24, 2.45) is 0 Å². The molecule has 0 bridgehead atoms. The van der Waals surface area contributed by atoms with E-state index in [9.17, 15) is 14.9 Å². The predicted octanol–water partition coefficient (Wildman–Crippen LogP) is 5.05. The smallest absolute Gasteiger partial charge is 0.292 e. The number of fused-ring (bicyclic) bond motifs is 1. The van der Waals surface area contributed by atoms with Gasteiger partial charge in [-0.25, -0.2) is 0 Å². The van der Waals surface area contributed by atoms with Gasteiger partial charge in [-0.15, -0.1) is 0 Å². The summed E-state index contributed by atoms with van der Waals surface area (Å²) in [5, 5.41) is 16.0. The lowest BCUT2D eigenvalue weighted by Gasteiger charge is -2.04. The summed E-state index contributed by atoms with van der Waals surface area (Å²) < 4.78 is 0. The summed E-state index contributed by atoms with van der Waals surface area (Å²) in [5.41, 5.74) is 0.706. The molecular formula is C19H13ClN2O3. The number of benzene rings is 3. The van der Waals surface area contributed by atoms with E-state index in [0.717, 1.165) is 16.3 Å². The van der Waals surface area contributed by atoms with Crippen LogP contribution in [0.4, 0.5) is 11.4 Å². The number of rotatable bonds is 4. The zero-order chi connectivity index (χ0) is 17.8. The third-order valence-corrected chi connectivity index (χ3v) is 3.85. The molecule has 0 aliphatic carbocycles. The fraction of sp³-hybridized carbons (Fsp3) is 0. The molecule has 3 aromatic rings. The number of anilines is 1. The molecule has 25 heavy (non-hydrogen) atoms. The van der Waals surface area contributed by atoms with Crippen LogP contribution in [0.5, 0.6) is 0 Å². The highest BCUT2D eigenvalue weighted by Gasteiger charge is 2.15. The summed E-state index contributed by atoms with van der Waals surface area (Å²) in [6.07, 6.45) is 2.98. The van der Waals surface area contributed by atoms with Crippen molar-refractivity contribution in [1.82, 2.24) is 0 Å². The van der Waals surface area contributed by atoms with Gasteiger partial charge < -0.3 is 5.32 Å². The lowest BCUT2D eigenvalue weighted by Crippen LogP contribution is -2.09. The summed E-state index contributed by atoms with van der Waals surface area (Å²) in [4.78, 5) is 22.5. The van der Waals surface area contributed by atoms with Gasteiger partial charge in [0.05, 0.1) is 4.92 Å². The zero-order valence-corrected chi connectivity index (χ0v) is 13.7. The van der Waals surface area contributed by atoms with Gasteiger partial charge >= 0.3 is 0 Å². The molecule has 0 saturated heterocycles. The summed E-state index contributed by atoms with van der Waals surface area (Å²) in [7, 11) is 0. The molecule has 3 aromatic carbocycles. The van der Waals surface area contributed by atoms with Crippen molar-refractivity contribution in [1.29, 1.82) is 0 Å². The summed E-state index contributed by atoms with van der Waals surface area (Å²) in [5.74, 6) is -0.474. The molecule has 0 spiro atoms. The second-order valence-electron chi connectivity index (χ2n) is 5.35. The number of carbonyl (C=O) groups is 1. The van der Waals surface area contributed by atoms with Gasteiger partial charge in [0, 0.05) is 17.2 Å². The average Bonchev–Trinajstić information content (AvgIpc) is 2.59. The zero-order valence-electron chi connectivity index (χ0n) is 13.0. The molecule has 0 aromatic heterocycles. The molecule has 124 valence electrons. The molecule has 3 rings (SSSR count). The van der Waals surface area contributed by atoms with Crippen molar-refractivity contribution in [2.75, 3.05) is 5.32 Å². The molecule has 6 heteroatoms. The molecule has 0 saturated carbocycles. The van der Waals surface area contributed by atoms with E-state index < -0.39 is 10.8 Å². The number of amides is 1. The Kier molecular flexibility index (Phi) is 4.77. The highest BCUT2D eigenvalue weighted by Crippen LogP contribution is 2.27. The Morgan fingerprint density at radius 3 is 2.56 bits per heavy atom. The van der Waals surface area contributed by atoms with E-state index in [-0.39, 0.29) is 11.4 Å². The molecule has 0 heterocycles. The van der Waals surface area contributed by atoms with Crippen molar-refractivity contribution in [3.63, 3.8) is 0 Å². The highest BCUT2D eigenvalue weighted by molar-refractivity contribution is 6.31. The van der Waals surface area contributed by atoms with Crippen LogP contribution in [0, 0.1) is 10.1 Å². The van der Waals surface area contributed by atoms with E-state index in [1.165, 1.54) is 24.3 Å². The van der Waals surface area contributed by atoms with Crippen molar-refractivity contribution in [3.8, 4) is 0 Å². The molecular weight excluding hydrogens is 340 g/mol. The highest BCUT2D eigenvalue weighted by atomic mass is 35.5. The van der Waals surface area contributed by atoms with Gasteiger partial charge in [-0.2, -0.15) is 0 Å². The Morgan fingerprint density at radius 1 is 1.04 bits per heavy atom. The number of nitrogens with zero attached hydrogens (tertiary/aromatic N) is 1. The fourth-order valence-electron chi connectivity index (χ4n) is 2.43. The Hall–Kier alpha value is -3.18. The van der Waals surface area contributed by atoms with Crippen LogP contribution in [0.3, 0.4) is 0 Å². The number of halogens is 1. The maximum Gasteiger partial charge on any atom is 0.292 e. The van der Waals surface area contributed by atoms with Crippen molar-refractivity contribution in [3.05, 3.63) is 87.4 Å². The minimum Gasteiger partial charge on any atom is -0.317 e. The number of nitrogens with one attached hydrogen (secondary N) is 1. The first-order chi connectivity index (χ1) is 12.0. The first kappa shape index (κ1) is 16.7. The van der Waals surface area contributed by atoms with Crippen LogP contribution >= 0.6 is 11.6 Å². The number of nitro benzene ring substituents is 1. The van der Waals surface area contributed by atoms with Crippen LogP contribution in [-0.2, 0) is 4.79 Å². The molecule has 1 N–H and O–H groups in total. The molecule has 0 radical (unpaired) electrons. The second-order valence-corrected chi connectivity index (χ2v) is 5.78. The summed E-state index contributed by atoms with van der Waals surface area (Å²) in [6.45, 7) is 0. The normalized spacial score (nSPS) is 10.9. The van der Waals surface area contributed by atoms with Gasteiger partial charge in [0.25, 0.3) is 5.69 Å². The van der Waals surface area contributed by atoms with E-state index >= 15 is 0 Å². The van der Waals surface area contributed by atoms with Crippen LogP contribution in [0.2, 0.25) is 5.02 Å². The lowest BCUT2D eigenvalue weighted by molar-refractivity contribution is -0.383. The van der Waals surface area contributed by atoms with Gasteiger partial charge in [-0.05, 0) is 40.6 Å². The maximum absolute atomic E-state index is 12.1. The Labute approximate surface area is 148 Å². The number of nitro groups is 1. The van der Waals surface area contributed by atoms with E-state index in [4.69, 9.17) is 11.6 Å². The van der Waals surface area contributed by atoms with Crippen LogP contribution in [0.15, 0.2) is 66.7 Å². The maximum atomic E-state index is 12.1. The van der Waals surface area contributed by atoms with Crippen molar-refractivity contribution in [2.45, 2.75) is 0 Å². The number of hydrogen-bond donors (Lipinski definition) is 1. The van der Waals surface area contributed by atoms with Crippen LogP contribution in [0.1, 0.15) is 5.56 Å². The molecule has 0 fully saturated rings. The van der Waals surface area contributed by atoms with Gasteiger partial charge in [-0.3, -0.25) is 14.9 Å². The third kappa shape index (κ3) is 4.02. The van der Waals surface area contributed by atoms with Gasteiger partial charge in [0.15, 0.2) is 0 Å². The second kappa shape index (κ2) is 7.15. The molecule has 0 atom stereocenters. The summed E-state index contributed by atoms with van der Waals surface area (Å²) in [6, 6.07) is 17.7. The number of hydrogen-bond acceptors (Lipinski definition) is 3. The molecule has 5 nitrogen and oxygen atoms in total. The van der Waals surface area contributed by atoms with Gasteiger partial charge in [-0.1, -0.05) is 48.0 Å². The Bertz CT molecular complexity index is 999. The third-order valence-electron chi connectivity index (χ3n) is 3.61. The molecule has 0 unspecified atom stereocenters. The van der Waals surface area contributed by atoms with Gasteiger partial charge in [0.2, 0.25) is 5.91 Å². The fourth-order valence-corrected chi connectivity index (χ4v) is 2.60. The monoisotopic (exact) mass is 352 g/mol. The Morgan fingerprint density at radius 2 is 1.80 bits per heavy atom. The quantitative estimate of drug-likeness (QED) is 0.405. The largest absolute Gasteiger partial charge is 0.317 e. The van der Waals surface area contributed by atoms with Crippen molar-refractivity contribution >= 4 is 45.7 Å². The van der Waals surface area contributed by atoms with E-state index in [1.54, 1.807) is 6.08 Å². The molecule has 0 aliphatic heterocycles. The average molecular weight is 353 g/mol. The molecule has 0 aliphatic rings. The lowest BCUT2D eigenvalue weighted by atomic mass is 10.1. The summed E-state index contributed by atoms with van der Waals surface area (Å²) >= 11 is 5.84. The van der Waals surface area contributed by atoms with E-state index in [2.05, 4.69) is 5.32 Å². The molecule has 1 amide bonds. The van der Waals surface area contributed by atoms with E-state index in [0.29, 0.717) is 5.02 Å². The van der Waals surface area contributed by atoms with Crippen molar-refractivity contribution < 1.29 is 9.72 Å². The SMILES string of the molecule is O=C(C=Cc1ccc2ccccc2c1)Nc1cc(Cl)ccc1[N+](=O)[O-]. The number of carbonyl (C=O) groups excluding carboxylic acids is 1. The standard InChI is InChI=1S/C19H13ClN2O3/c20-16-8-9-18(22(24)25)17(12-16)21-19(23)10-6-13-5-7-14-3-1-2-4-15(14)11-13/h1-12H,(H,21,23). The Balaban J connectivity index is 1.79. The van der Waals surface area contributed by atoms with E-state index in [1.807, 2.05) is 42.5 Å². The first-order valence-electron chi connectivity index (χ1n) is 7.45.